The molecule has 1 N–H and O–H groups in total. The van der Waals surface area contributed by atoms with Crippen molar-refractivity contribution in [3.8, 4) is 0 Å². The van der Waals surface area contributed by atoms with Gasteiger partial charge in [0.05, 0.1) is 17.7 Å². The maximum atomic E-state index is 12.9. The van der Waals surface area contributed by atoms with Crippen molar-refractivity contribution in [2.24, 2.45) is 0 Å². The van der Waals surface area contributed by atoms with E-state index >= 15 is 0 Å². The third-order valence-electron chi connectivity index (χ3n) is 3.77. The minimum Gasteiger partial charge on any atom is -0.376 e. The summed E-state index contributed by atoms with van der Waals surface area (Å²) in [7, 11) is 0. The molecule has 118 valence electrons. The van der Waals surface area contributed by atoms with Gasteiger partial charge in [-0.3, -0.25) is 0 Å². The van der Waals surface area contributed by atoms with Crippen molar-refractivity contribution in [1.82, 2.24) is 5.32 Å². The summed E-state index contributed by atoms with van der Waals surface area (Å²) in [5.74, 6) is 0. The van der Waals surface area contributed by atoms with Crippen LogP contribution in [0.4, 0.5) is 13.2 Å². The first kappa shape index (κ1) is 16.3. The van der Waals surface area contributed by atoms with Gasteiger partial charge in [0, 0.05) is 6.61 Å². The normalized spacial score (nSPS) is 21.2. The van der Waals surface area contributed by atoms with Gasteiger partial charge in [-0.1, -0.05) is 19.1 Å². The summed E-state index contributed by atoms with van der Waals surface area (Å²) in [6, 6.07) is 5.41. The van der Waals surface area contributed by atoms with Crippen LogP contribution in [0, 0.1) is 0 Å². The highest BCUT2D eigenvalue weighted by atomic mass is 19.4. The van der Waals surface area contributed by atoms with E-state index < -0.39 is 11.7 Å². The fourth-order valence-electron chi connectivity index (χ4n) is 2.70. The summed E-state index contributed by atoms with van der Waals surface area (Å²) < 4.78 is 44.4. The van der Waals surface area contributed by atoms with Gasteiger partial charge < -0.3 is 10.1 Å². The zero-order valence-electron chi connectivity index (χ0n) is 12.2. The maximum Gasteiger partial charge on any atom is 0.416 e. The summed E-state index contributed by atoms with van der Waals surface area (Å²) in [6.45, 7) is 3.49. The lowest BCUT2D eigenvalue weighted by molar-refractivity contribution is -0.137. The SMILES string of the molecule is CCCNC(c1cccc(C(F)(F)F)c1)C1CCCCO1. The molecule has 1 aromatic rings. The Hall–Kier alpha value is -1.07. The molecule has 1 fully saturated rings. The Morgan fingerprint density at radius 3 is 2.76 bits per heavy atom. The molecular formula is C16H22F3NO. The number of nitrogens with one attached hydrogen (secondary N) is 1. The maximum absolute atomic E-state index is 12.9. The van der Waals surface area contributed by atoms with Crippen LogP contribution in [-0.2, 0) is 10.9 Å². The second kappa shape index (κ2) is 7.27. The Morgan fingerprint density at radius 2 is 2.14 bits per heavy atom. The monoisotopic (exact) mass is 301 g/mol. The first-order valence-electron chi connectivity index (χ1n) is 7.54. The van der Waals surface area contributed by atoms with E-state index in [0.717, 1.165) is 38.3 Å². The number of rotatable bonds is 5. The Balaban J connectivity index is 2.22. The molecule has 0 aromatic heterocycles. The van der Waals surface area contributed by atoms with Crippen LogP contribution in [0.15, 0.2) is 24.3 Å². The molecule has 0 aliphatic carbocycles. The third kappa shape index (κ3) is 4.45. The molecule has 1 aliphatic heterocycles. The van der Waals surface area contributed by atoms with E-state index in [1.54, 1.807) is 6.07 Å². The summed E-state index contributed by atoms with van der Waals surface area (Å²) in [5, 5.41) is 3.34. The number of hydrogen-bond donors (Lipinski definition) is 1. The highest BCUT2D eigenvalue weighted by molar-refractivity contribution is 5.28. The Kier molecular flexibility index (Phi) is 5.65. The largest absolute Gasteiger partial charge is 0.416 e. The molecule has 0 radical (unpaired) electrons. The molecule has 1 saturated heterocycles. The van der Waals surface area contributed by atoms with Gasteiger partial charge in [0.25, 0.3) is 0 Å². The number of benzene rings is 1. The Labute approximate surface area is 123 Å². The molecule has 21 heavy (non-hydrogen) atoms. The van der Waals surface area contributed by atoms with E-state index in [2.05, 4.69) is 5.32 Å². The van der Waals surface area contributed by atoms with E-state index in [-0.39, 0.29) is 12.1 Å². The number of halogens is 3. The summed E-state index contributed by atoms with van der Waals surface area (Å²) in [6.07, 6.45) is -0.444. The number of ether oxygens (including phenoxy) is 1. The van der Waals surface area contributed by atoms with Crippen LogP contribution in [0.3, 0.4) is 0 Å². The lowest BCUT2D eigenvalue weighted by Crippen LogP contribution is -2.36. The van der Waals surface area contributed by atoms with Gasteiger partial charge in [0.2, 0.25) is 0 Å². The fraction of sp³-hybridized carbons (Fsp3) is 0.625. The molecule has 0 spiro atoms. The predicted molar refractivity (Wildman–Crippen MR) is 76.1 cm³/mol. The van der Waals surface area contributed by atoms with Crippen LogP contribution in [-0.4, -0.2) is 19.3 Å². The first-order chi connectivity index (χ1) is 10.0. The molecule has 2 nitrogen and oxygen atoms in total. The van der Waals surface area contributed by atoms with E-state index in [1.165, 1.54) is 12.1 Å². The molecule has 5 heteroatoms. The summed E-state index contributed by atoms with van der Waals surface area (Å²) in [5.41, 5.74) is 0.0595. The highest BCUT2D eigenvalue weighted by Gasteiger charge is 2.32. The third-order valence-corrected chi connectivity index (χ3v) is 3.77. The molecule has 0 saturated carbocycles. The molecule has 0 amide bonds. The van der Waals surface area contributed by atoms with E-state index in [4.69, 9.17) is 4.74 Å². The quantitative estimate of drug-likeness (QED) is 0.874. The zero-order valence-corrected chi connectivity index (χ0v) is 12.2. The minimum absolute atomic E-state index is 0.0474. The molecule has 1 aromatic carbocycles. The predicted octanol–water partition coefficient (Wildman–Crippen LogP) is 4.32. The van der Waals surface area contributed by atoms with Crippen molar-refractivity contribution in [3.63, 3.8) is 0 Å². The van der Waals surface area contributed by atoms with Crippen LogP contribution < -0.4 is 5.32 Å². The van der Waals surface area contributed by atoms with Crippen LogP contribution >= 0.6 is 0 Å². The second-order valence-electron chi connectivity index (χ2n) is 5.46. The van der Waals surface area contributed by atoms with E-state index in [0.29, 0.717) is 12.2 Å². The topological polar surface area (TPSA) is 21.3 Å². The van der Waals surface area contributed by atoms with Crippen LogP contribution in [0.1, 0.15) is 49.8 Å². The molecule has 1 aliphatic rings. The summed E-state index contributed by atoms with van der Waals surface area (Å²) in [4.78, 5) is 0. The molecular weight excluding hydrogens is 279 g/mol. The Bertz CT molecular complexity index is 441. The van der Waals surface area contributed by atoms with Crippen molar-refractivity contribution in [3.05, 3.63) is 35.4 Å². The lowest BCUT2D eigenvalue weighted by atomic mass is 9.94. The molecule has 2 unspecified atom stereocenters. The van der Waals surface area contributed by atoms with Crippen LogP contribution in [0.25, 0.3) is 0 Å². The molecule has 2 atom stereocenters. The van der Waals surface area contributed by atoms with Gasteiger partial charge in [-0.05, 0) is 49.9 Å². The summed E-state index contributed by atoms with van der Waals surface area (Å²) >= 11 is 0. The first-order valence-corrected chi connectivity index (χ1v) is 7.54. The van der Waals surface area contributed by atoms with Gasteiger partial charge >= 0.3 is 6.18 Å². The molecule has 1 heterocycles. The average molecular weight is 301 g/mol. The van der Waals surface area contributed by atoms with Gasteiger partial charge in [0.1, 0.15) is 0 Å². The van der Waals surface area contributed by atoms with Crippen molar-refractivity contribution in [1.29, 1.82) is 0 Å². The van der Waals surface area contributed by atoms with Gasteiger partial charge in [-0.2, -0.15) is 13.2 Å². The van der Waals surface area contributed by atoms with Gasteiger partial charge in [0.15, 0.2) is 0 Å². The van der Waals surface area contributed by atoms with E-state index in [1.807, 2.05) is 6.92 Å². The van der Waals surface area contributed by atoms with Crippen LogP contribution in [0.2, 0.25) is 0 Å². The van der Waals surface area contributed by atoms with Crippen molar-refractivity contribution in [2.75, 3.05) is 13.2 Å². The fourth-order valence-corrected chi connectivity index (χ4v) is 2.70. The molecule has 2 rings (SSSR count). The van der Waals surface area contributed by atoms with Crippen molar-refractivity contribution < 1.29 is 17.9 Å². The van der Waals surface area contributed by atoms with Crippen molar-refractivity contribution >= 4 is 0 Å². The smallest absolute Gasteiger partial charge is 0.376 e. The lowest BCUT2D eigenvalue weighted by Gasteiger charge is -2.32. The van der Waals surface area contributed by atoms with E-state index in [9.17, 15) is 13.2 Å². The molecule has 0 bridgehead atoms. The second-order valence-corrected chi connectivity index (χ2v) is 5.46. The Morgan fingerprint density at radius 1 is 1.33 bits per heavy atom. The number of hydrogen-bond acceptors (Lipinski definition) is 2. The zero-order chi connectivity index (χ0) is 15.3. The van der Waals surface area contributed by atoms with Crippen molar-refractivity contribution in [2.45, 2.75) is 50.9 Å². The standard InChI is InChI=1S/C16H22F3NO/c1-2-9-20-15(14-8-3-4-10-21-14)12-6-5-7-13(11-12)16(17,18)19/h5-7,11,14-15,20H,2-4,8-10H2,1H3. The highest BCUT2D eigenvalue weighted by Crippen LogP contribution is 2.33. The minimum atomic E-state index is -4.31. The van der Waals surface area contributed by atoms with Gasteiger partial charge in [-0.25, -0.2) is 0 Å². The van der Waals surface area contributed by atoms with Gasteiger partial charge in [-0.15, -0.1) is 0 Å². The average Bonchev–Trinajstić information content (AvgIpc) is 2.48. The van der Waals surface area contributed by atoms with Crippen LogP contribution in [0.5, 0.6) is 0 Å². The number of alkyl halides is 3.